The second-order valence-electron chi connectivity index (χ2n) is 12.4. The average molecular weight is 608 g/mol. The Morgan fingerprint density at radius 1 is 1.05 bits per heavy atom. The molecule has 1 amide bonds. The van der Waals surface area contributed by atoms with E-state index in [4.69, 9.17) is 10.5 Å². The Morgan fingerprint density at radius 2 is 1.77 bits per heavy atom. The zero-order valence-electron chi connectivity index (χ0n) is 25.1. The van der Waals surface area contributed by atoms with Crippen molar-refractivity contribution in [3.63, 3.8) is 0 Å². The van der Waals surface area contributed by atoms with Crippen molar-refractivity contribution in [3.8, 4) is 17.0 Å². The van der Waals surface area contributed by atoms with Crippen LogP contribution in [0.2, 0.25) is 0 Å². The highest BCUT2D eigenvalue weighted by Gasteiger charge is 2.57. The van der Waals surface area contributed by atoms with Crippen molar-refractivity contribution >= 4 is 27.2 Å². The standard InChI is InChI=1S/C32H41N5O5S/c1-31(39)15-6-4-5-7-18-42-28-23(20-37(2)3)9-8-10-25(28)36-30(38)27-29(33)34-19-26(35-27)22-11-13-24(14-12-22)43(40,41)32(21-31)16-17-32/h8-14,19,39H,4-7,15-18,20-21H2,1-3H3,(H2,33,34)(H,36,38). The molecule has 11 heteroatoms. The summed E-state index contributed by atoms with van der Waals surface area (Å²) < 4.78 is 32.7. The maximum Gasteiger partial charge on any atom is 0.278 e. The van der Waals surface area contributed by atoms with Crippen LogP contribution in [0.4, 0.5) is 11.5 Å². The van der Waals surface area contributed by atoms with Crippen molar-refractivity contribution in [3.05, 3.63) is 59.9 Å². The van der Waals surface area contributed by atoms with Gasteiger partial charge in [0.05, 0.1) is 39.4 Å². The Balaban J connectivity index is 1.51. The van der Waals surface area contributed by atoms with Gasteiger partial charge in [-0.1, -0.05) is 43.5 Å². The maximum atomic E-state index is 13.7. The number of benzene rings is 2. The van der Waals surface area contributed by atoms with Crippen LogP contribution in [0, 0.1) is 0 Å². The summed E-state index contributed by atoms with van der Waals surface area (Å²) in [6, 6.07) is 12.1. The molecule has 230 valence electrons. The van der Waals surface area contributed by atoms with E-state index in [1.165, 1.54) is 6.20 Å². The number of rotatable bonds is 2. The van der Waals surface area contributed by atoms with E-state index >= 15 is 0 Å². The number of hydrogen-bond acceptors (Lipinski definition) is 9. The molecule has 1 atom stereocenters. The largest absolute Gasteiger partial charge is 0.491 e. The third-order valence-corrected chi connectivity index (χ3v) is 10.8. The molecular formula is C32H41N5O5S. The number of hydrogen-bond donors (Lipinski definition) is 3. The predicted molar refractivity (Wildman–Crippen MR) is 167 cm³/mol. The van der Waals surface area contributed by atoms with Gasteiger partial charge >= 0.3 is 0 Å². The molecule has 3 aliphatic rings. The van der Waals surface area contributed by atoms with Crippen molar-refractivity contribution in [1.29, 1.82) is 0 Å². The molecule has 4 N–H and O–H groups in total. The number of ether oxygens (including phenoxy) is 1. The summed E-state index contributed by atoms with van der Waals surface area (Å²) in [6.07, 6.45) is 6.62. The monoisotopic (exact) mass is 607 g/mol. The summed E-state index contributed by atoms with van der Waals surface area (Å²) in [5, 5.41) is 14.1. The van der Waals surface area contributed by atoms with Crippen LogP contribution in [0.5, 0.6) is 5.75 Å². The molecule has 1 unspecified atom stereocenters. The van der Waals surface area contributed by atoms with Crippen molar-refractivity contribution in [2.24, 2.45) is 0 Å². The number of aliphatic hydroxyl groups is 1. The number of amides is 1. The normalized spacial score (nSPS) is 22.1. The summed E-state index contributed by atoms with van der Waals surface area (Å²) in [5.74, 6) is 0.0520. The number of nitrogen functional groups attached to an aromatic ring is 1. The number of anilines is 2. The van der Waals surface area contributed by atoms with Crippen LogP contribution < -0.4 is 15.8 Å². The number of carbonyl (C=O) groups excluding carboxylic acids is 1. The molecule has 2 aromatic carbocycles. The van der Waals surface area contributed by atoms with Gasteiger partial charge < -0.3 is 25.8 Å². The Hall–Kier alpha value is -3.54. The van der Waals surface area contributed by atoms with E-state index in [0.717, 1.165) is 31.2 Å². The summed E-state index contributed by atoms with van der Waals surface area (Å²) in [7, 11) is 0.274. The molecule has 2 aliphatic heterocycles. The second kappa shape index (κ2) is 12.2. The summed E-state index contributed by atoms with van der Waals surface area (Å²) in [5.41, 5.74) is 7.39. The molecule has 0 radical (unpaired) electrons. The van der Waals surface area contributed by atoms with Crippen LogP contribution in [0.15, 0.2) is 53.6 Å². The highest BCUT2D eigenvalue weighted by molar-refractivity contribution is 7.93. The molecule has 3 aromatic rings. The first-order chi connectivity index (χ1) is 20.4. The van der Waals surface area contributed by atoms with Gasteiger partial charge in [-0.05, 0) is 71.3 Å². The summed E-state index contributed by atoms with van der Waals surface area (Å²) in [4.78, 5) is 24.4. The summed E-state index contributed by atoms with van der Waals surface area (Å²) >= 11 is 0. The highest BCUT2D eigenvalue weighted by atomic mass is 32.2. The van der Waals surface area contributed by atoms with Crippen molar-refractivity contribution in [1.82, 2.24) is 14.9 Å². The highest BCUT2D eigenvalue weighted by Crippen LogP contribution is 2.52. The van der Waals surface area contributed by atoms with E-state index in [-0.39, 0.29) is 22.8 Å². The first kappa shape index (κ1) is 30.9. The van der Waals surface area contributed by atoms with Gasteiger partial charge in [-0.25, -0.2) is 18.4 Å². The van der Waals surface area contributed by atoms with Gasteiger partial charge in [0.25, 0.3) is 5.91 Å². The minimum absolute atomic E-state index is 0.0236. The lowest BCUT2D eigenvalue weighted by molar-refractivity contribution is 0.0362. The molecule has 4 bridgehead atoms. The topological polar surface area (TPSA) is 148 Å². The molecule has 1 aliphatic carbocycles. The van der Waals surface area contributed by atoms with Gasteiger partial charge in [0, 0.05) is 17.7 Å². The SMILES string of the molecule is CN(C)Cc1cccc2c1OCCCCCCC(C)(O)CC1(CC1)S(=O)(=O)c1ccc(cc1)-c1cnc(N)c(n1)C(=O)N2. The van der Waals surface area contributed by atoms with Crippen LogP contribution in [-0.4, -0.2) is 65.3 Å². The fourth-order valence-electron chi connectivity index (χ4n) is 5.86. The lowest BCUT2D eigenvalue weighted by atomic mass is 9.92. The quantitative estimate of drug-likeness (QED) is 0.373. The number of sulfone groups is 1. The lowest BCUT2D eigenvalue weighted by Gasteiger charge is -2.29. The molecule has 1 spiro atoms. The van der Waals surface area contributed by atoms with Crippen molar-refractivity contribution in [2.75, 3.05) is 31.8 Å². The number of para-hydroxylation sites is 1. The zero-order valence-corrected chi connectivity index (χ0v) is 25.9. The number of nitrogens with one attached hydrogen (secondary N) is 1. The van der Waals surface area contributed by atoms with E-state index in [9.17, 15) is 18.3 Å². The third kappa shape index (κ3) is 6.84. The molecule has 1 saturated carbocycles. The number of fused-ring (bicyclic) bond motifs is 11. The zero-order chi connectivity index (χ0) is 30.8. The van der Waals surface area contributed by atoms with Gasteiger partial charge in [-0.3, -0.25) is 4.79 Å². The Labute approximate surface area is 253 Å². The minimum atomic E-state index is -3.67. The molecule has 0 saturated heterocycles. The van der Waals surface area contributed by atoms with Crippen LogP contribution in [0.3, 0.4) is 0 Å². The number of nitrogens with two attached hydrogens (primary N) is 1. The fraction of sp³-hybridized carbons (Fsp3) is 0.469. The fourth-order valence-corrected chi connectivity index (χ4v) is 7.99. The predicted octanol–water partition coefficient (Wildman–Crippen LogP) is 4.83. The maximum absolute atomic E-state index is 13.7. The van der Waals surface area contributed by atoms with Gasteiger partial charge in [-0.2, -0.15) is 0 Å². The Morgan fingerprint density at radius 3 is 2.47 bits per heavy atom. The average Bonchev–Trinajstić information content (AvgIpc) is 3.73. The van der Waals surface area contributed by atoms with Gasteiger partial charge in [0.2, 0.25) is 0 Å². The van der Waals surface area contributed by atoms with Crippen LogP contribution in [-0.2, 0) is 16.4 Å². The number of carbonyl (C=O) groups is 1. The molecule has 1 fully saturated rings. The van der Waals surface area contributed by atoms with Gasteiger partial charge in [-0.15, -0.1) is 0 Å². The van der Waals surface area contributed by atoms with Crippen LogP contribution >= 0.6 is 0 Å². The number of nitrogens with zero attached hydrogens (tertiary/aromatic N) is 3. The van der Waals surface area contributed by atoms with Crippen LogP contribution in [0.25, 0.3) is 11.3 Å². The number of aromatic nitrogens is 2. The molecule has 43 heavy (non-hydrogen) atoms. The van der Waals surface area contributed by atoms with E-state index in [2.05, 4.69) is 15.3 Å². The smallest absolute Gasteiger partial charge is 0.278 e. The van der Waals surface area contributed by atoms with Crippen molar-refractivity contribution in [2.45, 2.75) is 80.1 Å². The van der Waals surface area contributed by atoms with E-state index < -0.39 is 26.1 Å². The van der Waals surface area contributed by atoms with Gasteiger partial charge in [0.15, 0.2) is 21.3 Å². The lowest BCUT2D eigenvalue weighted by Crippen LogP contribution is -2.36. The summed E-state index contributed by atoms with van der Waals surface area (Å²) in [6.45, 7) is 2.83. The molecule has 1 aromatic heterocycles. The third-order valence-electron chi connectivity index (χ3n) is 8.24. The second-order valence-corrected chi connectivity index (χ2v) is 14.7. The Bertz CT molecular complexity index is 1580. The first-order valence-corrected chi connectivity index (χ1v) is 16.3. The van der Waals surface area contributed by atoms with E-state index in [0.29, 0.717) is 55.1 Å². The minimum Gasteiger partial charge on any atom is -0.491 e. The molecule has 10 nitrogen and oxygen atoms in total. The molecule has 6 rings (SSSR count). The first-order valence-electron chi connectivity index (χ1n) is 14.8. The van der Waals surface area contributed by atoms with E-state index in [1.807, 2.05) is 31.1 Å². The van der Waals surface area contributed by atoms with E-state index in [1.54, 1.807) is 37.3 Å². The Kier molecular flexibility index (Phi) is 8.78. The van der Waals surface area contributed by atoms with Crippen LogP contribution in [0.1, 0.15) is 74.3 Å². The van der Waals surface area contributed by atoms with Crippen molar-refractivity contribution < 1.29 is 23.1 Å². The molecular weight excluding hydrogens is 566 g/mol. The molecule has 3 heterocycles. The van der Waals surface area contributed by atoms with Gasteiger partial charge in [0.1, 0.15) is 5.75 Å².